The fraction of sp³-hybridized carbons (Fsp3) is 0.286. The zero-order valence-corrected chi connectivity index (χ0v) is 11.5. The third kappa shape index (κ3) is 2.36. The van der Waals surface area contributed by atoms with Crippen LogP contribution in [0, 0.1) is 6.92 Å². The number of aromatic nitrogens is 2. The Kier molecular flexibility index (Phi) is 3.03. The van der Waals surface area contributed by atoms with Crippen LogP contribution in [0.25, 0.3) is 0 Å². The van der Waals surface area contributed by atoms with E-state index in [1.54, 1.807) is 6.07 Å². The average Bonchev–Trinajstić information content (AvgIpc) is 2.72. The van der Waals surface area contributed by atoms with Gasteiger partial charge in [0.05, 0.1) is 17.9 Å². The van der Waals surface area contributed by atoms with Gasteiger partial charge in [0.1, 0.15) is 11.0 Å². The highest BCUT2D eigenvalue weighted by Crippen LogP contribution is 2.34. The second-order valence-corrected chi connectivity index (χ2v) is 5.16. The number of anilines is 2. The number of halogens is 1. The molecule has 2 heterocycles. The minimum absolute atomic E-state index is 0.489. The molecule has 4 nitrogen and oxygen atoms in total. The molecule has 0 bridgehead atoms. The van der Waals surface area contributed by atoms with Crippen molar-refractivity contribution < 1.29 is 0 Å². The Bertz CT molecular complexity index is 607. The molecule has 19 heavy (non-hydrogen) atoms. The van der Waals surface area contributed by atoms with Crippen LogP contribution < -0.4 is 10.6 Å². The molecule has 98 valence electrons. The monoisotopic (exact) mass is 274 g/mol. The zero-order chi connectivity index (χ0) is 13.4. The summed E-state index contributed by atoms with van der Waals surface area (Å²) in [6.45, 7) is 3.50. The fourth-order valence-corrected chi connectivity index (χ4v) is 2.81. The van der Waals surface area contributed by atoms with Crippen LogP contribution in [0.4, 0.5) is 11.4 Å². The van der Waals surface area contributed by atoms with E-state index in [-0.39, 0.29) is 0 Å². The van der Waals surface area contributed by atoms with Crippen molar-refractivity contribution in [1.29, 1.82) is 0 Å². The Morgan fingerprint density at radius 1 is 1.37 bits per heavy atom. The Labute approximate surface area is 117 Å². The fourth-order valence-electron chi connectivity index (χ4n) is 2.55. The summed E-state index contributed by atoms with van der Waals surface area (Å²) >= 11 is 5.97. The number of nitrogen functional groups attached to an aromatic ring is 1. The van der Waals surface area contributed by atoms with Crippen molar-refractivity contribution in [3.8, 4) is 0 Å². The van der Waals surface area contributed by atoms with Crippen molar-refractivity contribution in [1.82, 2.24) is 9.97 Å². The highest BCUT2D eigenvalue weighted by atomic mass is 35.5. The number of hydrogen-bond donors (Lipinski definition) is 1. The van der Waals surface area contributed by atoms with Crippen molar-refractivity contribution in [2.75, 3.05) is 17.2 Å². The predicted molar refractivity (Wildman–Crippen MR) is 77.4 cm³/mol. The second kappa shape index (κ2) is 4.70. The van der Waals surface area contributed by atoms with Gasteiger partial charge in [-0.25, -0.2) is 9.97 Å². The summed E-state index contributed by atoms with van der Waals surface area (Å²) in [7, 11) is 0. The van der Waals surface area contributed by atoms with Crippen molar-refractivity contribution in [3.05, 3.63) is 46.5 Å². The Morgan fingerprint density at radius 3 is 3.00 bits per heavy atom. The SMILES string of the molecule is Cc1cc(Cl)nc(CN2CCc3cccc(N)c32)n1. The van der Waals surface area contributed by atoms with E-state index in [1.165, 1.54) is 5.56 Å². The molecule has 2 N–H and O–H groups in total. The van der Waals surface area contributed by atoms with E-state index in [0.29, 0.717) is 11.7 Å². The normalized spacial score (nSPS) is 13.7. The van der Waals surface area contributed by atoms with Crippen LogP contribution in [0.3, 0.4) is 0 Å². The molecule has 0 radical (unpaired) electrons. The summed E-state index contributed by atoms with van der Waals surface area (Å²) in [6, 6.07) is 7.81. The van der Waals surface area contributed by atoms with Gasteiger partial charge in [-0.15, -0.1) is 0 Å². The van der Waals surface area contributed by atoms with Crippen LogP contribution in [0.5, 0.6) is 0 Å². The quantitative estimate of drug-likeness (QED) is 0.676. The molecule has 0 aliphatic carbocycles. The maximum atomic E-state index is 6.07. The van der Waals surface area contributed by atoms with E-state index in [4.69, 9.17) is 17.3 Å². The molecule has 3 rings (SSSR count). The Hall–Kier alpha value is -1.81. The van der Waals surface area contributed by atoms with Gasteiger partial charge >= 0.3 is 0 Å². The standard InChI is InChI=1S/C14H15ClN4/c1-9-7-12(15)18-13(17-9)8-19-6-5-10-3-2-4-11(16)14(10)19/h2-4,7H,5-6,8,16H2,1H3. The molecular weight excluding hydrogens is 260 g/mol. The van der Waals surface area contributed by atoms with Gasteiger partial charge in [0.15, 0.2) is 0 Å². The second-order valence-electron chi connectivity index (χ2n) is 4.77. The Morgan fingerprint density at radius 2 is 2.21 bits per heavy atom. The third-order valence-corrected chi connectivity index (χ3v) is 3.51. The van der Waals surface area contributed by atoms with Gasteiger partial charge in [-0.1, -0.05) is 23.7 Å². The number of nitrogens with two attached hydrogens (primary N) is 1. The van der Waals surface area contributed by atoms with Gasteiger partial charge in [-0.2, -0.15) is 0 Å². The van der Waals surface area contributed by atoms with E-state index in [0.717, 1.165) is 35.9 Å². The van der Waals surface area contributed by atoms with Crippen molar-refractivity contribution in [2.45, 2.75) is 19.9 Å². The minimum Gasteiger partial charge on any atom is -0.397 e. The van der Waals surface area contributed by atoms with Crippen LogP contribution >= 0.6 is 11.6 Å². The highest BCUT2D eigenvalue weighted by molar-refractivity contribution is 6.29. The lowest BCUT2D eigenvalue weighted by Crippen LogP contribution is -2.22. The molecule has 0 unspecified atom stereocenters. The van der Waals surface area contributed by atoms with E-state index < -0.39 is 0 Å². The number of benzene rings is 1. The number of nitrogens with zero attached hydrogens (tertiary/aromatic N) is 3. The number of aryl methyl sites for hydroxylation is 1. The highest BCUT2D eigenvalue weighted by Gasteiger charge is 2.22. The maximum absolute atomic E-state index is 6.07. The molecular formula is C14H15ClN4. The molecule has 1 aromatic heterocycles. The van der Waals surface area contributed by atoms with Gasteiger partial charge in [0, 0.05) is 12.2 Å². The lowest BCUT2D eigenvalue weighted by molar-refractivity contribution is 0.780. The predicted octanol–water partition coefficient (Wildman–Crippen LogP) is 2.58. The van der Waals surface area contributed by atoms with Crippen LogP contribution in [0.2, 0.25) is 5.15 Å². The van der Waals surface area contributed by atoms with Gasteiger partial charge in [-0.05, 0) is 31.0 Å². The molecule has 0 amide bonds. The number of para-hydroxylation sites is 1. The molecule has 1 aliphatic rings. The van der Waals surface area contributed by atoms with E-state index in [1.807, 2.05) is 19.1 Å². The van der Waals surface area contributed by atoms with Crippen molar-refractivity contribution >= 4 is 23.0 Å². The molecule has 0 atom stereocenters. The van der Waals surface area contributed by atoms with Gasteiger partial charge in [0.2, 0.25) is 0 Å². The Balaban J connectivity index is 1.90. The zero-order valence-electron chi connectivity index (χ0n) is 10.7. The smallest absolute Gasteiger partial charge is 0.149 e. The average molecular weight is 275 g/mol. The largest absolute Gasteiger partial charge is 0.397 e. The van der Waals surface area contributed by atoms with E-state index in [2.05, 4.69) is 20.9 Å². The summed E-state index contributed by atoms with van der Waals surface area (Å²) in [5.74, 6) is 0.737. The van der Waals surface area contributed by atoms with E-state index in [9.17, 15) is 0 Å². The molecule has 0 saturated carbocycles. The van der Waals surface area contributed by atoms with Gasteiger partial charge < -0.3 is 10.6 Å². The van der Waals surface area contributed by atoms with Crippen molar-refractivity contribution in [2.24, 2.45) is 0 Å². The molecule has 0 saturated heterocycles. The molecule has 2 aromatic rings. The van der Waals surface area contributed by atoms with Crippen LogP contribution in [0.15, 0.2) is 24.3 Å². The summed E-state index contributed by atoms with van der Waals surface area (Å²) in [4.78, 5) is 10.9. The van der Waals surface area contributed by atoms with Crippen LogP contribution in [-0.4, -0.2) is 16.5 Å². The lowest BCUT2D eigenvalue weighted by Gasteiger charge is -2.20. The summed E-state index contributed by atoms with van der Waals surface area (Å²) in [6.07, 6.45) is 1.01. The summed E-state index contributed by atoms with van der Waals surface area (Å²) < 4.78 is 0. The molecule has 0 spiro atoms. The summed E-state index contributed by atoms with van der Waals surface area (Å²) in [5, 5.41) is 0.489. The first-order valence-corrected chi connectivity index (χ1v) is 6.63. The molecule has 1 aliphatic heterocycles. The first-order chi connectivity index (χ1) is 9.13. The first kappa shape index (κ1) is 12.2. The number of fused-ring (bicyclic) bond motifs is 1. The summed E-state index contributed by atoms with van der Waals surface area (Å²) in [5.41, 5.74) is 10.2. The van der Waals surface area contributed by atoms with E-state index >= 15 is 0 Å². The molecule has 0 fully saturated rings. The topological polar surface area (TPSA) is 55.0 Å². The minimum atomic E-state index is 0.489. The maximum Gasteiger partial charge on any atom is 0.149 e. The lowest BCUT2D eigenvalue weighted by atomic mass is 10.1. The van der Waals surface area contributed by atoms with Gasteiger partial charge in [-0.3, -0.25) is 0 Å². The van der Waals surface area contributed by atoms with Crippen molar-refractivity contribution in [3.63, 3.8) is 0 Å². The molecule has 1 aromatic carbocycles. The van der Waals surface area contributed by atoms with Crippen LogP contribution in [0.1, 0.15) is 17.1 Å². The number of hydrogen-bond acceptors (Lipinski definition) is 4. The third-order valence-electron chi connectivity index (χ3n) is 3.32. The number of rotatable bonds is 2. The molecule has 5 heteroatoms. The first-order valence-electron chi connectivity index (χ1n) is 6.26. The van der Waals surface area contributed by atoms with Gasteiger partial charge in [0.25, 0.3) is 0 Å². The van der Waals surface area contributed by atoms with Crippen LogP contribution in [-0.2, 0) is 13.0 Å².